The summed E-state index contributed by atoms with van der Waals surface area (Å²) in [5.74, 6) is -0.315. The van der Waals surface area contributed by atoms with Gasteiger partial charge in [0, 0.05) is 22.7 Å². The van der Waals surface area contributed by atoms with E-state index in [1.165, 1.54) is 0 Å². The van der Waals surface area contributed by atoms with Gasteiger partial charge < -0.3 is 15.3 Å². The van der Waals surface area contributed by atoms with Crippen molar-refractivity contribution in [3.05, 3.63) is 28.2 Å². The number of rotatable bonds is 7. The van der Waals surface area contributed by atoms with Crippen LogP contribution in [0.1, 0.15) is 30.6 Å². The molecule has 0 radical (unpaired) electrons. The third-order valence-corrected chi connectivity index (χ3v) is 3.57. The van der Waals surface area contributed by atoms with Gasteiger partial charge in [0.05, 0.1) is 5.56 Å². The lowest BCUT2D eigenvalue weighted by Gasteiger charge is -2.25. The number of nitrogens with one attached hydrogen (secondary N) is 1. The van der Waals surface area contributed by atoms with Crippen molar-refractivity contribution in [2.45, 2.75) is 26.3 Å². The maximum atomic E-state index is 11.0. The molecule has 2 N–H and O–H groups in total. The molecule has 5 heteroatoms. The van der Waals surface area contributed by atoms with Crippen LogP contribution < -0.4 is 5.32 Å². The molecular formula is C15H23BrN2O2. The molecule has 0 saturated carbocycles. The van der Waals surface area contributed by atoms with E-state index >= 15 is 0 Å². The summed E-state index contributed by atoms with van der Waals surface area (Å²) in [7, 11) is 4.11. The molecule has 0 fully saturated rings. The highest BCUT2D eigenvalue weighted by Gasteiger charge is 2.14. The first-order chi connectivity index (χ1) is 9.29. The van der Waals surface area contributed by atoms with Crippen LogP contribution in [0.15, 0.2) is 22.7 Å². The van der Waals surface area contributed by atoms with Crippen LogP contribution in [0.25, 0.3) is 0 Å². The van der Waals surface area contributed by atoms with Crippen molar-refractivity contribution in [1.82, 2.24) is 4.90 Å². The number of carboxylic acid groups (broad SMARTS) is 1. The number of anilines is 1. The Bertz CT molecular complexity index is 451. The van der Waals surface area contributed by atoms with Gasteiger partial charge in [-0.1, -0.05) is 13.8 Å². The van der Waals surface area contributed by atoms with Gasteiger partial charge in [-0.15, -0.1) is 0 Å². The number of hydrogen-bond donors (Lipinski definition) is 2. The van der Waals surface area contributed by atoms with Gasteiger partial charge in [-0.2, -0.15) is 0 Å². The molecule has 0 heterocycles. The highest BCUT2D eigenvalue weighted by molar-refractivity contribution is 9.10. The minimum absolute atomic E-state index is 0.281. The molecular weight excluding hydrogens is 320 g/mol. The number of halogens is 1. The van der Waals surface area contributed by atoms with E-state index in [2.05, 4.69) is 54.1 Å². The summed E-state index contributed by atoms with van der Waals surface area (Å²) in [6.07, 6.45) is 1.07. The van der Waals surface area contributed by atoms with Crippen molar-refractivity contribution in [2.24, 2.45) is 5.92 Å². The fourth-order valence-electron chi connectivity index (χ4n) is 2.20. The molecule has 1 aromatic carbocycles. The van der Waals surface area contributed by atoms with Crippen molar-refractivity contribution in [1.29, 1.82) is 0 Å². The standard InChI is InChI=1S/C15H23BrN2O2/c1-10(2)7-12(9-18(3)4)17-11-5-6-13(15(19)20)14(16)8-11/h5-6,8,10,12,17H,7,9H2,1-4H3,(H,19,20). The molecule has 1 unspecified atom stereocenters. The zero-order valence-corrected chi connectivity index (χ0v) is 14.1. The Morgan fingerprint density at radius 3 is 2.50 bits per heavy atom. The average Bonchev–Trinajstić information content (AvgIpc) is 2.26. The van der Waals surface area contributed by atoms with Gasteiger partial charge in [-0.25, -0.2) is 4.79 Å². The highest BCUT2D eigenvalue weighted by atomic mass is 79.9. The Balaban J connectivity index is 2.82. The predicted molar refractivity (Wildman–Crippen MR) is 86.5 cm³/mol. The summed E-state index contributed by atoms with van der Waals surface area (Å²) in [6, 6.07) is 5.60. The first kappa shape index (κ1) is 17.0. The first-order valence-electron chi connectivity index (χ1n) is 6.73. The number of nitrogens with zero attached hydrogens (tertiary/aromatic N) is 1. The van der Waals surface area contributed by atoms with E-state index in [1.54, 1.807) is 6.07 Å². The monoisotopic (exact) mass is 342 g/mol. The third-order valence-electron chi connectivity index (χ3n) is 2.91. The van der Waals surface area contributed by atoms with Crippen molar-refractivity contribution in [3.8, 4) is 0 Å². The Kier molecular flexibility index (Phi) is 6.49. The molecule has 0 aliphatic rings. The van der Waals surface area contributed by atoms with E-state index in [0.717, 1.165) is 18.7 Å². The second kappa shape index (κ2) is 7.64. The fraction of sp³-hybridized carbons (Fsp3) is 0.533. The van der Waals surface area contributed by atoms with Crippen molar-refractivity contribution in [3.63, 3.8) is 0 Å². The average molecular weight is 343 g/mol. The number of benzene rings is 1. The molecule has 112 valence electrons. The summed E-state index contributed by atoms with van der Waals surface area (Å²) >= 11 is 3.31. The Morgan fingerprint density at radius 1 is 1.40 bits per heavy atom. The Labute approximate surface area is 129 Å². The molecule has 1 rings (SSSR count). The van der Waals surface area contributed by atoms with Crippen LogP contribution in [-0.4, -0.2) is 42.7 Å². The van der Waals surface area contributed by atoms with Crippen LogP contribution in [0, 0.1) is 5.92 Å². The maximum absolute atomic E-state index is 11.0. The molecule has 20 heavy (non-hydrogen) atoms. The molecule has 0 amide bonds. The largest absolute Gasteiger partial charge is 0.478 e. The maximum Gasteiger partial charge on any atom is 0.336 e. The minimum Gasteiger partial charge on any atom is -0.478 e. The van der Waals surface area contributed by atoms with Crippen LogP contribution in [0.2, 0.25) is 0 Å². The quantitative estimate of drug-likeness (QED) is 0.795. The molecule has 0 aromatic heterocycles. The molecule has 1 atom stereocenters. The number of aromatic carboxylic acids is 1. The lowest BCUT2D eigenvalue weighted by molar-refractivity contribution is 0.0696. The summed E-state index contributed by atoms with van der Waals surface area (Å²) in [4.78, 5) is 13.1. The topological polar surface area (TPSA) is 52.6 Å². The summed E-state index contributed by atoms with van der Waals surface area (Å²) in [6.45, 7) is 5.35. The lowest BCUT2D eigenvalue weighted by atomic mass is 10.0. The molecule has 0 bridgehead atoms. The zero-order chi connectivity index (χ0) is 15.3. The molecule has 0 aliphatic carbocycles. The number of carboxylic acids is 1. The van der Waals surface area contributed by atoms with E-state index in [4.69, 9.17) is 5.11 Å². The second-order valence-corrected chi connectivity index (χ2v) is 6.59. The molecule has 1 aromatic rings. The highest BCUT2D eigenvalue weighted by Crippen LogP contribution is 2.23. The van der Waals surface area contributed by atoms with Gasteiger partial charge in [0.2, 0.25) is 0 Å². The number of carbonyl (C=O) groups is 1. The third kappa shape index (κ3) is 5.51. The van der Waals surface area contributed by atoms with Gasteiger partial charge >= 0.3 is 5.97 Å². The Morgan fingerprint density at radius 2 is 2.05 bits per heavy atom. The van der Waals surface area contributed by atoms with E-state index in [0.29, 0.717) is 16.4 Å². The van der Waals surface area contributed by atoms with E-state index < -0.39 is 5.97 Å². The van der Waals surface area contributed by atoms with Gasteiger partial charge in [0.15, 0.2) is 0 Å². The molecule has 0 saturated heterocycles. The Hall–Kier alpha value is -1.07. The van der Waals surface area contributed by atoms with Crippen LogP contribution in [0.4, 0.5) is 5.69 Å². The van der Waals surface area contributed by atoms with E-state index in [-0.39, 0.29) is 5.56 Å². The smallest absolute Gasteiger partial charge is 0.336 e. The van der Waals surface area contributed by atoms with E-state index in [1.807, 2.05) is 12.1 Å². The van der Waals surface area contributed by atoms with Gasteiger partial charge in [-0.3, -0.25) is 0 Å². The summed E-state index contributed by atoms with van der Waals surface area (Å²) < 4.78 is 0.600. The number of likely N-dealkylation sites (N-methyl/N-ethyl adjacent to an activating group) is 1. The fourth-order valence-corrected chi connectivity index (χ4v) is 2.75. The summed E-state index contributed by atoms with van der Waals surface area (Å²) in [5.41, 5.74) is 1.22. The number of hydrogen-bond acceptors (Lipinski definition) is 3. The van der Waals surface area contributed by atoms with Crippen LogP contribution in [0.5, 0.6) is 0 Å². The van der Waals surface area contributed by atoms with Crippen molar-refractivity contribution in [2.75, 3.05) is 26.0 Å². The second-order valence-electron chi connectivity index (χ2n) is 5.73. The lowest BCUT2D eigenvalue weighted by Crippen LogP contribution is -2.33. The van der Waals surface area contributed by atoms with Crippen molar-refractivity contribution < 1.29 is 9.90 Å². The molecule has 4 nitrogen and oxygen atoms in total. The molecule has 0 aliphatic heterocycles. The zero-order valence-electron chi connectivity index (χ0n) is 12.5. The van der Waals surface area contributed by atoms with Gasteiger partial charge in [0.25, 0.3) is 0 Å². The predicted octanol–water partition coefficient (Wildman–Crippen LogP) is 3.54. The van der Waals surface area contributed by atoms with E-state index in [9.17, 15) is 4.79 Å². The SMILES string of the molecule is CC(C)CC(CN(C)C)Nc1ccc(C(=O)O)c(Br)c1. The first-order valence-corrected chi connectivity index (χ1v) is 7.53. The normalized spacial score (nSPS) is 12.8. The summed E-state index contributed by atoms with van der Waals surface area (Å²) in [5, 5.41) is 12.5. The van der Waals surface area contributed by atoms with Crippen molar-refractivity contribution >= 4 is 27.6 Å². The van der Waals surface area contributed by atoms with Crippen LogP contribution >= 0.6 is 15.9 Å². The van der Waals surface area contributed by atoms with Gasteiger partial charge in [0.1, 0.15) is 0 Å². The van der Waals surface area contributed by atoms with Gasteiger partial charge in [-0.05, 0) is 60.6 Å². The minimum atomic E-state index is -0.921. The van der Waals surface area contributed by atoms with Crippen LogP contribution in [-0.2, 0) is 0 Å². The molecule has 0 spiro atoms. The van der Waals surface area contributed by atoms with Crippen LogP contribution in [0.3, 0.4) is 0 Å².